The van der Waals surface area contributed by atoms with Gasteiger partial charge in [0.05, 0.1) is 5.92 Å². The van der Waals surface area contributed by atoms with Gasteiger partial charge in [0.1, 0.15) is 0 Å². The first kappa shape index (κ1) is 13.1. The molecule has 1 aromatic carbocycles. The number of carbonyl (C=O) groups is 2. The molecule has 6 nitrogen and oxygen atoms in total. The van der Waals surface area contributed by atoms with Crippen molar-refractivity contribution in [1.29, 1.82) is 0 Å². The van der Waals surface area contributed by atoms with Crippen molar-refractivity contribution in [3.8, 4) is 0 Å². The van der Waals surface area contributed by atoms with Crippen LogP contribution in [0.25, 0.3) is 0 Å². The number of primary amides is 1. The minimum absolute atomic E-state index is 0.149. The molecule has 0 radical (unpaired) electrons. The van der Waals surface area contributed by atoms with Crippen LogP contribution in [0.5, 0.6) is 0 Å². The van der Waals surface area contributed by atoms with E-state index in [0.717, 1.165) is 5.56 Å². The summed E-state index contributed by atoms with van der Waals surface area (Å²) < 4.78 is 0. The van der Waals surface area contributed by atoms with Crippen molar-refractivity contribution in [1.82, 2.24) is 5.48 Å². The van der Waals surface area contributed by atoms with Crippen molar-refractivity contribution >= 4 is 11.8 Å². The number of nitrogens with one attached hydrogen (secondary N) is 1. The molecule has 2 amide bonds. The van der Waals surface area contributed by atoms with Gasteiger partial charge >= 0.3 is 0 Å². The molecular weight excluding hydrogens is 222 g/mol. The van der Waals surface area contributed by atoms with Gasteiger partial charge in [0, 0.05) is 6.54 Å². The summed E-state index contributed by atoms with van der Waals surface area (Å²) in [5.41, 5.74) is 13.3. The van der Waals surface area contributed by atoms with Crippen molar-refractivity contribution in [3.63, 3.8) is 0 Å². The highest BCUT2D eigenvalue weighted by Crippen LogP contribution is 2.13. The van der Waals surface area contributed by atoms with Crippen LogP contribution in [-0.2, 0) is 14.4 Å². The molecule has 1 unspecified atom stereocenters. The predicted octanol–water partition coefficient (Wildman–Crippen LogP) is -0.738. The average Bonchev–Trinajstić information content (AvgIpc) is 2.31. The molecule has 1 atom stereocenters. The van der Waals surface area contributed by atoms with Gasteiger partial charge in [-0.05, 0) is 5.56 Å². The van der Waals surface area contributed by atoms with Crippen molar-refractivity contribution in [2.75, 3.05) is 13.2 Å². The molecule has 5 N–H and O–H groups in total. The summed E-state index contributed by atoms with van der Waals surface area (Å²) in [4.78, 5) is 26.7. The van der Waals surface area contributed by atoms with E-state index < -0.39 is 17.7 Å². The molecule has 0 spiro atoms. The van der Waals surface area contributed by atoms with Crippen LogP contribution in [0.4, 0.5) is 0 Å². The minimum atomic E-state index is -0.658. The second kappa shape index (κ2) is 6.62. The van der Waals surface area contributed by atoms with E-state index in [1.807, 2.05) is 18.2 Å². The zero-order valence-corrected chi connectivity index (χ0v) is 9.26. The molecule has 92 valence electrons. The normalized spacial score (nSPS) is 11.8. The Morgan fingerprint density at radius 3 is 2.47 bits per heavy atom. The van der Waals surface area contributed by atoms with Crippen molar-refractivity contribution in [2.24, 2.45) is 11.5 Å². The summed E-state index contributed by atoms with van der Waals surface area (Å²) in [6, 6.07) is 9.07. The minimum Gasteiger partial charge on any atom is -0.368 e. The van der Waals surface area contributed by atoms with E-state index >= 15 is 0 Å². The number of carbonyl (C=O) groups excluding carboxylic acids is 2. The number of rotatable bonds is 6. The van der Waals surface area contributed by atoms with Gasteiger partial charge in [-0.2, -0.15) is 0 Å². The number of hydroxylamine groups is 1. The van der Waals surface area contributed by atoms with Crippen LogP contribution in [0.3, 0.4) is 0 Å². The zero-order chi connectivity index (χ0) is 12.7. The third-order valence-corrected chi connectivity index (χ3v) is 2.14. The number of hydrogen-bond donors (Lipinski definition) is 3. The van der Waals surface area contributed by atoms with Gasteiger partial charge in [-0.15, -0.1) is 0 Å². The summed E-state index contributed by atoms with van der Waals surface area (Å²) in [6.07, 6.45) is 0. The first-order valence-corrected chi connectivity index (χ1v) is 5.10. The Balaban J connectivity index is 2.56. The highest BCUT2D eigenvalue weighted by Gasteiger charge is 2.18. The summed E-state index contributed by atoms with van der Waals surface area (Å²) in [5, 5.41) is 0. The summed E-state index contributed by atoms with van der Waals surface area (Å²) in [5.74, 6) is -1.57. The molecule has 0 saturated carbocycles. The first-order chi connectivity index (χ1) is 8.15. The summed E-state index contributed by atoms with van der Waals surface area (Å²) in [6.45, 7) is -0.215. The molecule has 0 fully saturated rings. The highest BCUT2D eigenvalue weighted by molar-refractivity contribution is 5.83. The number of amides is 2. The lowest BCUT2D eigenvalue weighted by atomic mass is 9.99. The molecule has 0 bridgehead atoms. The molecule has 17 heavy (non-hydrogen) atoms. The van der Waals surface area contributed by atoms with Crippen LogP contribution >= 0.6 is 0 Å². The molecular formula is C11H15N3O3. The molecule has 0 aliphatic heterocycles. The molecule has 0 aromatic heterocycles. The van der Waals surface area contributed by atoms with E-state index in [1.165, 1.54) is 0 Å². The Bertz CT molecular complexity index is 381. The molecule has 1 rings (SSSR count). The van der Waals surface area contributed by atoms with E-state index in [4.69, 9.17) is 11.5 Å². The molecule has 6 heteroatoms. The Morgan fingerprint density at radius 1 is 1.29 bits per heavy atom. The lowest BCUT2D eigenvalue weighted by molar-refractivity contribution is -0.139. The maximum atomic E-state index is 11.7. The lowest BCUT2D eigenvalue weighted by Gasteiger charge is -2.14. The Labute approximate surface area is 98.9 Å². The van der Waals surface area contributed by atoms with Crippen LogP contribution in [0.15, 0.2) is 30.3 Å². The molecule has 0 saturated heterocycles. The predicted molar refractivity (Wildman–Crippen MR) is 61.5 cm³/mol. The molecule has 1 aromatic rings. The van der Waals surface area contributed by atoms with E-state index in [9.17, 15) is 9.59 Å². The topological polar surface area (TPSA) is 107 Å². The first-order valence-electron chi connectivity index (χ1n) is 5.10. The highest BCUT2D eigenvalue weighted by atomic mass is 16.7. The fraction of sp³-hybridized carbons (Fsp3) is 0.273. The fourth-order valence-electron chi connectivity index (χ4n) is 1.33. The van der Waals surface area contributed by atoms with Crippen LogP contribution in [0.1, 0.15) is 11.5 Å². The second-order valence-electron chi connectivity index (χ2n) is 3.42. The quantitative estimate of drug-likeness (QED) is 0.566. The average molecular weight is 237 g/mol. The largest absolute Gasteiger partial charge is 0.368 e. The maximum Gasteiger partial charge on any atom is 0.252 e. The smallest absolute Gasteiger partial charge is 0.252 e. The van der Waals surface area contributed by atoms with E-state index in [0.29, 0.717) is 0 Å². The van der Waals surface area contributed by atoms with Gasteiger partial charge in [-0.3, -0.25) is 14.4 Å². The van der Waals surface area contributed by atoms with E-state index in [1.54, 1.807) is 12.1 Å². The number of nitrogens with two attached hydrogens (primary N) is 2. The molecule has 0 aliphatic rings. The maximum absolute atomic E-state index is 11.7. The van der Waals surface area contributed by atoms with Crippen molar-refractivity contribution in [2.45, 2.75) is 5.92 Å². The van der Waals surface area contributed by atoms with Gasteiger partial charge in [0.25, 0.3) is 5.91 Å². The molecule has 0 aliphatic carbocycles. The van der Waals surface area contributed by atoms with Gasteiger partial charge in [0.15, 0.2) is 6.61 Å². The Morgan fingerprint density at radius 2 is 1.94 bits per heavy atom. The van der Waals surface area contributed by atoms with Crippen LogP contribution in [0, 0.1) is 0 Å². The summed E-state index contributed by atoms with van der Waals surface area (Å²) >= 11 is 0. The van der Waals surface area contributed by atoms with Gasteiger partial charge in [-0.1, -0.05) is 30.3 Å². The monoisotopic (exact) mass is 237 g/mol. The third-order valence-electron chi connectivity index (χ3n) is 2.14. The number of hydrogen-bond acceptors (Lipinski definition) is 4. The van der Waals surface area contributed by atoms with Gasteiger partial charge in [-0.25, -0.2) is 5.48 Å². The van der Waals surface area contributed by atoms with Crippen molar-refractivity contribution in [3.05, 3.63) is 35.9 Å². The van der Waals surface area contributed by atoms with Crippen LogP contribution in [-0.4, -0.2) is 25.0 Å². The van der Waals surface area contributed by atoms with E-state index in [2.05, 4.69) is 10.3 Å². The van der Waals surface area contributed by atoms with E-state index in [-0.39, 0.29) is 13.2 Å². The second-order valence-corrected chi connectivity index (χ2v) is 3.42. The van der Waals surface area contributed by atoms with Gasteiger partial charge < -0.3 is 11.5 Å². The standard InChI is InChI=1S/C11H15N3O3/c12-6-9(8-4-2-1-3-5-8)11(16)14-17-7-10(13)15/h1-5,9H,6-7,12H2,(H2,13,15)(H,14,16). The summed E-state index contributed by atoms with van der Waals surface area (Å²) in [7, 11) is 0. The molecule has 0 heterocycles. The SMILES string of the molecule is NCC(C(=O)NOCC(N)=O)c1ccccc1. The zero-order valence-electron chi connectivity index (χ0n) is 9.26. The van der Waals surface area contributed by atoms with Crippen LogP contribution in [0.2, 0.25) is 0 Å². The van der Waals surface area contributed by atoms with Crippen molar-refractivity contribution < 1.29 is 14.4 Å². The lowest BCUT2D eigenvalue weighted by Crippen LogP contribution is -2.35. The number of benzene rings is 1. The third kappa shape index (κ3) is 4.21. The van der Waals surface area contributed by atoms with Gasteiger partial charge in [0.2, 0.25) is 5.91 Å². The van der Waals surface area contributed by atoms with Crippen LogP contribution < -0.4 is 16.9 Å². The fourth-order valence-corrected chi connectivity index (χ4v) is 1.33. The Kier molecular flexibility index (Phi) is 5.12. The Hall–Kier alpha value is -1.92.